The third-order valence-corrected chi connectivity index (χ3v) is 3.62. The predicted octanol–water partition coefficient (Wildman–Crippen LogP) is 2.34. The zero-order valence-corrected chi connectivity index (χ0v) is 13.6. The average molecular weight is 292 g/mol. The van der Waals surface area contributed by atoms with Crippen molar-refractivity contribution in [2.45, 2.75) is 40.2 Å². The molecule has 0 radical (unpaired) electrons. The van der Waals surface area contributed by atoms with E-state index in [1.807, 2.05) is 19.9 Å². The third kappa shape index (κ3) is 6.17. The highest BCUT2D eigenvalue weighted by atomic mass is 16.3. The van der Waals surface area contributed by atoms with E-state index >= 15 is 0 Å². The molecule has 1 aromatic carbocycles. The summed E-state index contributed by atoms with van der Waals surface area (Å²) in [5.41, 5.74) is 2.41. The van der Waals surface area contributed by atoms with Crippen molar-refractivity contribution in [3.8, 4) is 0 Å². The lowest BCUT2D eigenvalue weighted by Crippen LogP contribution is -2.36. The van der Waals surface area contributed by atoms with Crippen LogP contribution in [0.25, 0.3) is 0 Å². The van der Waals surface area contributed by atoms with Crippen LogP contribution in [-0.4, -0.2) is 36.8 Å². The lowest BCUT2D eigenvalue weighted by Gasteiger charge is -2.24. The number of carbonyl (C=O) groups is 1. The number of nitrogens with one attached hydrogen (secondary N) is 1. The molecule has 4 nitrogen and oxygen atoms in total. The Morgan fingerprint density at radius 1 is 1.38 bits per heavy atom. The van der Waals surface area contributed by atoms with Gasteiger partial charge in [0.15, 0.2) is 0 Å². The number of aliphatic hydroxyl groups is 1. The summed E-state index contributed by atoms with van der Waals surface area (Å²) in [5, 5.41) is 12.6. The fourth-order valence-corrected chi connectivity index (χ4v) is 2.12. The van der Waals surface area contributed by atoms with E-state index in [0.717, 1.165) is 13.1 Å². The number of likely N-dealkylation sites (N-methyl/N-ethyl adjacent to an activating group) is 1. The molecular formula is C17H28N2O2. The molecule has 1 rings (SSSR count). The quantitative estimate of drug-likeness (QED) is 0.773. The summed E-state index contributed by atoms with van der Waals surface area (Å²) in [6, 6.07) is 8.35. The summed E-state index contributed by atoms with van der Waals surface area (Å²) in [6.45, 7) is 10.3. The van der Waals surface area contributed by atoms with E-state index in [0.29, 0.717) is 6.54 Å². The lowest BCUT2D eigenvalue weighted by molar-refractivity contribution is -0.123. The molecule has 2 N–H and O–H groups in total. The zero-order chi connectivity index (χ0) is 15.8. The number of hydrogen-bond donors (Lipinski definition) is 2. The monoisotopic (exact) mass is 292 g/mol. The van der Waals surface area contributed by atoms with Crippen LogP contribution in [-0.2, 0) is 4.79 Å². The fourth-order valence-electron chi connectivity index (χ4n) is 2.12. The van der Waals surface area contributed by atoms with Crippen molar-refractivity contribution in [3.05, 3.63) is 29.8 Å². The van der Waals surface area contributed by atoms with Gasteiger partial charge in [-0.15, -0.1) is 0 Å². The van der Waals surface area contributed by atoms with Crippen molar-refractivity contribution >= 4 is 11.6 Å². The van der Waals surface area contributed by atoms with Crippen LogP contribution in [0.15, 0.2) is 24.3 Å². The Morgan fingerprint density at radius 2 is 2.10 bits per heavy atom. The van der Waals surface area contributed by atoms with Gasteiger partial charge in [0.25, 0.3) is 0 Å². The second-order valence-electron chi connectivity index (χ2n) is 5.78. The Labute approximate surface area is 128 Å². The highest BCUT2D eigenvalue weighted by molar-refractivity contribution is 5.76. The molecule has 0 bridgehead atoms. The number of benzene rings is 1. The maximum atomic E-state index is 11.7. The van der Waals surface area contributed by atoms with Gasteiger partial charge in [-0.1, -0.05) is 26.0 Å². The summed E-state index contributed by atoms with van der Waals surface area (Å²) in [7, 11) is 0. The van der Waals surface area contributed by atoms with Crippen LogP contribution < -0.4 is 10.2 Å². The largest absolute Gasteiger partial charge is 0.392 e. The number of aryl methyl sites for hydroxylation is 1. The number of rotatable bonds is 8. The van der Waals surface area contributed by atoms with Crippen molar-refractivity contribution < 1.29 is 9.90 Å². The van der Waals surface area contributed by atoms with Crippen LogP contribution in [0, 0.1) is 12.8 Å². The SMILES string of the molecule is CCN(CCNC(=O)CC(O)C(C)C)c1cccc(C)c1. The number of nitrogens with zero attached hydrogens (tertiary/aromatic N) is 1. The van der Waals surface area contributed by atoms with Gasteiger partial charge in [-0.3, -0.25) is 4.79 Å². The molecule has 0 fully saturated rings. The van der Waals surface area contributed by atoms with E-state index in [1.165, 1.54) is 11.3 Å². The molecule has 0 aliphatic rings. The molecule has 0 spiro atoms. The Kier molecular flexibility index (Phi) is 7.23. The summed E-state index contributed by atoms with van der Waals surface area (Å²) in [6.07, 6.45) is -0.391. The summed E-state index contributed by atoms with van der Waals surface area (Å²) in [5.74, 6) is 0.0201. The van der Waals surface area contributed by atoms with Crippen molar-refractivity contribution in [2.75, 3.05) is 24.5 Å². The van der Waals surface area contributed by atoms with E-state index in [1.54, 1.807) is 0 Å². The van der Waals surface area contributed by atoms with Gasteiger partial charge in [0, 0.05) is 25.3 Å². The van der Waals surface area contributed by atoms with Gasteiger partial charge in [-0.25, -0.2) is 0 Å². The third-order valence-electron chi connectivity index (χ3n) is 3.62. The smallest absolute Gasteiger partial charge is 0.222 e. The molecule has 21 heavy (non-hydrogen) atoms. The van der Waals surface area contributed by atoms with Gasteiger partial charge in [0.2, 0.25) is 5.91 Å². The van der Waals surface area contributed by atoms with E-state index in [2.05, 4.69) is 42.3 Å². The lowest BCUT2D eigenvalue weighted by atomic mass is 10.0. The Bertz CT molecular complexity index is 446. The first-order valence-electron chi connectivity index (χ1n) is 7.70. The van der Waals surface area contributed by atoms with E-state index in [4.69, 9.17) is 0 Å². The van der Waals surface area contributed by atoms with Crippen molar-refractivity contribution in [1.82, 2.24) is 5.32 Å². The van der Waals surface area contributed by atoms with Crippen LogP contribution in [0.1, 0.15) is 32.8 Å². The molecule has 0 aliphatic carbocycles. The van der Waals surface area contributed by atoms with Gasteiger partial charge in [-0.2, -0.15) is 0 Å². The minimum atomic E-state index is -0.566. The fraction of sp³-hybridized carbons (Fsp3) is 0.588. The molecule has 0 saturated carbocycles. The topological polar surface area (TPSA) is 52.6 Å². The molecule has 1 amide bonds. The normalized spacial score (nSPS) is 12.3. The molecular weight excluding hydrogens is 264 g/mol. The minimum absolute atomic E-state index is 0.0866. The van der Waals surface area contributed by atoms with Crippen LogP contribution in [0.3, 0.4) is 0 Å². The maximum Gasteiger partial charge on any atom is 0.222 e. The molecule has 0 aliphatic heterocycles. The molecule has 0 heterocycles. The van der Waals surface area contributed by atoms with Gasteiger partial charge >= 0.3 is 0 Å². The maximum absolute atomic E-state index is 11.7. The van der Waals surface area contributed by atoms with Gasteiger partial charge in [-0.05, 0) is 37.5 Å². The number of hydrogen-bond acceptors (Lipinski definition) is 3. The summed E-state index contributed by atoms with van der Waals surface area (Å²) in [4.78, 5) is 14.0. The van der Waals surface area contributed by atoms with Gasteiger partial charge < -0.3 is 15.3 Å². The Hall–Kier alpha value is -1.55. The van der Waals surface area contributed by atoms with E-state index < -0.39 is 6.10 Å². The molecule has 4 heteroatoms. The average Bonchev–Trinajstić information content (AvgIpc) is 2.43. The van der Waals surface area contributed by atoms with E-state index in [9.17, 15) is 9.90 Å². The predicted molar refractivity (Wildman–Crippen MR) is 87.5 cm³/mol. The van der Waals surface area contributed by atoms with Crippen molar-refractivity contribution in [1.29, 1.82) is 0 Å². The summed E-state index contributed by atoms with van der Waals surface area (Å²) >= 11 is 0. The highest BCUT2D eigenvalue weighted by Crippen LogP contribution is 2.15. The standard InChI is InChI=1S/C17H28N2O2/c1-5-19(15-8-6-7-14(4)11-15)10-9-18-17(21)12-16(20)13(2)3/h6-8,11,13,16,20H,5,9-10,12H2,1-4H3,(H,18,21). The molecule has 0 saturated heterocycles. The zero-order valence-electron chi connectivity index (χ0n) is 13.6. The number of aliphatic hydroxyl groups excluding tert-OH is 1. The number of carbonyl (C=O) groups excluding carboxylic acids is 1. The first-order chi connectivity index (χ1) is 9.93. The molecule has 1 unspecified atom stereocenters. The second kappa shape index (κ2) is 8.67. The molecule has 0 aromatic heterocycles. The molecule has 118 valence electrons. The van der Waals surface area contributed by atoms with Crippen LogP contribution in [0.4, 0.5) is 5.69 Å². The number of amides is 1. The van der Waals surface area contributed by atoms with Crippen LogP contribution in [0.2, 0.25) is 0 Å². The highest BCUT2D eigenvalue weighted by Gasteiger charge is 2.14. The second-order valence-corrected chi connectivity index (χ2v) is 5.78. The first kappa shape index (κ1) is 17.5. The van der Waals surface area contributed by atoms with Gasteiger partial charge in [0.05, 0.1) is 12.5 Å². The first-order valence-corrected chi connectivity index (χ1v) is 7.70. The van der Waals surface area contributed by atoms with Crippen LogP contribution in [0.5, 0.6) is 0 Å². The Morgan fingerprint density at radius 3 is 2.67 bits per heavy atom. The molecule has 1 aromatic rings. The minimum Gasteiger partial charge on any atom is -0.392 e. The number of anilines is 1. The molecule has 1 atom stereocenters. The van der Waals surface area contributed by atoms with Crippen molar-refractivity contribution in [3.63, 3.8) is 0 Å². The van der Waals surface area contributed by atoms with Gasteiger partial charge in [0.1, 0.15) is 0 Å². The van der Waals surface area contributed by atoms with Crippen LogP contribution >= 0.6 is 0 Å². The van der Waals surface area contributed by atoms with Crippen molar-refractivity contribution in [2.24, 2.45) is 5.92 Å². The van der Waals surface area contributed by atoms with E-state index in [-0.39, 0.29) is 18.2 Å². The Balaban J connectivity index is 2.41. The summed E-state index contributed by atoms with van der Waals surface area (Å²) < 4.78 is 0.